The molecule has 1 aliphatic heterocycles. The van der Waals surface area contributed by atoms with Crippen LogP contribution >= 0.6 is 0 Å². The van der Waals surface area contributed by atoms with Crippen molar-refractivity contribution in [1.29, 1.82) is 0 Å². The summed E-state index contributed by atoms with van der Waals surface area (Å²) in [5.41, 5.74) is 0.0556. The molecule has 1 aromatic carbocycles. The standard InChI is InChI=1S/C18H24F2N6/c1-21-18(23-7-3-9-25-11-8-22-13-25)24-14-6-10-26(12-14)17-15(19)4-2-5-16(17)20/h2,4-5,8,11,13-14H,3,6-7,9-10,12H2,1H3,(H2,21,23,24). The Labute approximate surface area is 151 Å². The van der Waals surface area contributed by atoms with Gasteiger partial charge < -0.3 is 20.1 Å². The lowest BCUT2D eigenvalue weighted by atomic mass is 10.2. The Morgan fingerprint density at radius 2 is 2.15 bits per heavy atom. The van der Waals surface area contributed by atoms with Crippen LogP contribution < -0.4 is 15.5 Å². The number of nitrogens with zero attached hydrogens (tertiary/aromatic N) is 4. The first kappa shape index (κ1) is 18.2. The summed E-state index contributed by atoms with van der Waals surface area (Å²) in [4.78, 5) is 9.99. The summed E-state index contributed by atoms with van der Waals surface area (Å²) < 4.78 is 29.9. The molecule has 26 heavy (non-hydrogen) atoms. The van der Waals surface area contributed by atoms with Crippen LogP contribution in [-0.4, -0.2) is 48.2 Å². The van der Waals surface area contributed by atoms with Crippen LogP contribution in [0.2, 0.25) is 0 Å². The number of para-hydroxylation sites is 1. The molecule has 2 aromatic rings. The Hall–Kier alpha value is -2.64. The maximum atomic E-state index is 13.9. The van der Waals surface area contributed by atoms with Crippen LogP contribution in [0, 0.1) is 11.6 Å². The third-order valence-corrected chi connectivity index (χ3v) is 4.45. The van der Waals surface area contributed by atoms with Crippen molar-refractivity contribution >= 4 is 11.6 Å². The van der Waals surface area contributed by atoms with E-state index in [0.717, 1.165) is 25.9 Å². The van der Waals surface area contributed by atoms with Gasteiger partial charge in [0.05, 0.1) is 6.33 Å². The van der Waals surface area contributed by atoms with Crippen LogP contribution in [0.4, 0.5) is 14.5 Å². The Morgan fingerprint density at radius 1 is 1.35 bits per heavy atom. The van der Waals surface area contributed by atoms with Crippen molar-refractivity contribution in [2.45, 2.75) is 25.4 Å². The molecule has 1 fully saturated rings. The predicted molar refractivity (Wildman–Crippen MR) is 98.3 cm³/mol. The predicted octanol–water partition coefficient (Wildman–Crippen LogP) is 2.00. The van der Waals surface area contributed by atoms with E-state index in [2.05, 4.69) is 20.6 Å². The number of rotatable bonds is 6. The van der Waals surface area contributed by atoms with E-state index in [-0.39, 0.29) is 11.7 Å². The van der Waals surface area contributed by atoms with Gasteiger partial charge in [-0.15, -0.1) is 0 Å². The van der Waals surface area contributed by atoms with Crippen molar-refractivity contribution < 1.29 is 8.78 Å². The van der Waals surface area contributed by atoms with Gasteiger partial charge in [0.2, 0.25) is 0 Å². The molecule has 1 atom stereocenters. The number of guanidine groups is 1. The third kappa shape index (κ3) is 4.50. The molecule has 0 amide bonds. The summed E-state index contributed by atoms with van der Waals surface area (Å²) in [5.74, 6) is -0.336. The van der Waals surface area contributed by atoms with Gasteiger partial charge in [0.15, 0.2) is 5.96 Å². The largest absolute Gasteiger partial charge is 0.365 e. The summed E-state index contributed by atoms with van der Waals surface area (Å²) in [6, 6.07) is 4.06. The van der Waals surface area contributed by atoms with Crippen molar-refractivity contribution in [3.8, 4) is 0 Å². The Kier molecular flexibility index (Phi) is 6.04. The summed E-state index contributed by atoms with van der Waals surface area (Å²) in [5, 5.41) is 6.61. The van der Waals surface area contributed by atoms with E-state index in [1.165, 1.54) is 18.2 Å². The summed E-state index contributed by atoms with van der Waals surface area (Å²) in [6.07, 6.45) is 7.22. The van der Waals surface area contributed by atoms with Gasteiger partial charge in [-0.1, -0.05) is 6.07 Å². The van der Waals surface area contributed by atoms with Crippen molar-refractivity contribution in [3.63, 3.8) is 0 Å². The van der Waals surface area contributed by atoms with Gasteiger partial charge in [0.1, 0.15) is 17.3 Å². The van der Waals surface area contributed by atoms with E-state index < -0.39 is 11.6 Å². The molecular weight excluding hydrogens is 338 g/mol. The number of anilines is 1. The molecule has 0 bridgehead atoms. The number of nitrogens with one attached hydrogen (secondary N) is 2. The van der Waals surface area contributed by atoms with Gasteiger partial charge in [0, 0.05) is 51.7 Å². The van der Waals surface area contributed by atoms with Crippen molar-refractivity contribution in [3.05, 3.63) is 48.6 Å². The molecule has 1 saturated heterocycles. The quantitative estimate of drug-likeness (QED) is 0.469. The summed E-state index contributed by atoms with van der Waals surface area (Å²) >= 11 is 0. The number of hydrogen-bond acceptors (Lipinski definition) is 3. The van der Waals surface area contributed by atoms with Gasteiger partial charge in [-0.25, -0.2) is 13.8 Å². The zero-order valence-corrected chi connectivity index (χ0v) is 14.8. The highest BCUT2D eigenvalue weighted by Crippen LogP contribution is 2.26. The fraction of sp³-hybridized carbons (Fsp3) is 0.444. The van der Waals surface area contributed by atoms with Gasteiger partial charge >= 0.3 is 0 Å². The SMILES string of the molecule is CN=C(NCCCn1ccnc1)NC1CCN(c2c(F)cccc2F)C1. The molecular formula is C18H24F2N6. The Bertz CT molecular complexity index is 711. The monoisotopic (exact) mass is 362 g/mol. The maximum absolute atomic E-state index is 13.9. The topological polar surface area (TPSA) is 57.5 Å². The Morgan fingerprint density at radius 3 is 2.85 bits per heavy atom. The fourth-order valence-corrected chi connectivity index (χ4v) is 3.15. The molecule has 6 nitrogen and oxygen atoms in total. The first-order valence-corrected chi connectivity index (χ1v) is 8.79. The number of aryl methyl sites for hydroxylation is 1. The zero-order valence-electron chi connectivity index (χ0n) is 14.8. The van der Waals surface area contributed by atoms with Gasteiger partial charge in [0.25, 0.3) is 0 Å². The molecule has 0 saturated carbocycles. The maximum Gasteiger partial charge on any atom is 0.191 e. The van der Waals surface area contributed by atoms with Crippen LogP contribution in [0.5, 0.6) is 0 Å². The van der Waals surface area contributed by atoms with Crippen LogP contribution in [-0.2, 0) is 6.54 Å². The van der Waals surface area contributed by atoms with Gasteiger partial charge in [-0.3, -0.25) is 4.99 Å². The van der Waals surface area contributed by atoms with Crippen LogP contribution in [0.3, 0.4) is 0 Å². The average Bonchev–Trinajstić information content (AvgIpc) is 3.29. The van der Waals surface area contributed by atoms with Crippen molar-refractivity contribution in [2.24, 2.45) is 4.99 Å². The average molecular weight is 362 g/mol. The molecule has 1 aromatic heterocycles. The first-order chi connectivity index (χ1) is 12.7. The van der Waals surface area contributed by atoms with E-state index in [4.69, 9.17) is 0 Å². The number of halogens is 2. The van der Waals surface area contributed by atoms with Gasteiger partial charge in [-0.2, -0.15) is 0 Å². The second-order valence-corrected chi connectivity index (χ2v) is 6.30. The zero-order chi connectivity index (χ0) is 18.4. The molecule has 0 spiro atoms. The molecule has 0 aliphatic carbocycles. The minimum atomic E-state index is -0.521. The van der Waals surface area contributed by atoms with Crippen LogP contribution in [0.25, 0.3) is 0 Å². The normalized spacial score (nSPS) is 17.6. The lowest BCUT2D eigenvalue weighted by Gasteiger charge is -2.21. The van der Waals surface area contributed by atoms with Crippen molar-refractivity contribution in [1.82, 2.24) is 20.2 Å². The molecule has 1 unspecified atom stereocenters. The number of aliphatic imine (C=N–C) groups is 1. The van der Waals surface area contributed by atoms with E-state index in [1.807, 2.05) is 10.8 Å². The number of benzene rings is 1. The molecule has 2 N–H and O–H groups in total. The van der Waals surface area contributed by atoms with Crippen LogP contribution in [0.15, 0.2) is 41.9 Å². The second kappa shape index (κ2) is 8.64. The highest BCUT2D eigenvalue weighted by molar-refractivity contribution is 5.80. The molecule has 0 radical (unpaired) electrons. The molecule has 3 rings (SSSR count). The lowest BCUT2D eigenvalue weighted by Crippen LogP contribution is -2.45. The molecule has 8 heteroatoms. The Balaban J connectivity index is 1.46. The van der Waals surface area contributed by atoms with Gasteiger partial charge in [-0.05, 0) is 25.0 Å². The molecule has 2 heterocycles. The van der Waals surface area contributed by atoms with Crippen LogP contribution in [0.1, 0.15) is 12.8 Å². The summed E-state index contributed by atoms with van der Waals surface area (Å²) in [7, 11) is 1.72. The number of imidazole rings is 1. The lowest BCUT2D eigenvalue weighted by molar-refractivity contribution is 0.575. The molecule has 140 valence electrons. The second-order valence-electron chi connectivity index (χ2n) is 6.30. The first-order valence-electron chi connectivity index (χ1n) is 8.79. The minimum absolute atomic E-state index is 0.0556. The number of hydrogen-bond donors (Lipinski definition) is 2. The van der Waals surface area contributed by atoms with E-state index in [1.54, 1.807) is 24.5 Å². The summed E-state index contributed by atoms with van der Waals surface area (Å²) in [6.45, 7) is 2.80. The highest BCUT2D eigenvalue weighted by atomic mass is 19.1. The fourth-order valence-electron chi connectivity index (χ4n) is 3.15. The van der Waals surface area contributed by atoms with Crippen molar-refractivity contribution in [2.75, 3.05) is 31.6 Å². The molecule has 1 aliphatic rings. The van der Waals surface area contributed by atoms with E-state index in [9.17, 15) is 8.78 Å². The van der Waals surface area contributed by atoms with E-state index >= 15 is 0 Å². The smallest absolute Gasteiger partial charge is 0.191 e. The highest BCUT2D eigenvalue weighted by Gasteiger charge is 2.27. The third-order valence-electron chi connectivity index (χ3n) is 4.45. The van der Waals surface area contributed by atoms with E-state index in [0.29, 0.717) is 19.0 Å². The number of aromatic nitrogens is 2. The minimum Gasteiger partial charge on any atom is -0.365 e.